The lowest BCUT2D eigenvalue weighted by atomic mass is 10.3. The molecule has 0 bridgehead atoms. The Labute approximate surface area is 114 Å². The van der Waals surface area contributed by atoms with E-state index < -0.39 is 16.0 Å². The van der Waals surface area contributed by atoms with Crippen LogP contribution in [0.5, 0.6) is 0 Å². The molecule has 0 spiro atoms. The number of anilines is 1. The molecule has 1 fully saturated rings. The van der Waals surface area contributed by atoms with Crippen molar-refractivity contribution in [3.63, 3.8) is 0 Å². The number of amides is 1. The van der Waals surface area contributed by atoms with Gasteiger partial charge in [0, 0.05) is 19.3 Å². The molecule has 0 saturated carbocycles. The molecular weight excluding hydrogens is 266 g/mol. The average molecular weight is 283 g/mol. The first-order chi connectivity index (χ1) is 9.11. The van der Waals surface area contributed by atoms with Gasteiger partial charge in [0.1, 0.15) is 5.25 Å². The first kappa shape index (κ1) is 14.0. The highest BCUT2D eigenvalue weighted by molar-refractivity contribution is 7.86. The van der Waals surface area contributed by atoms with Crippen molar-refractivity contribution in [2.75, 3.05) is 32.0 Å². The van der Waals surface area contributed by atoms with Gasteiger partial charge in [-0.3, -0.25) is 14.0 Å². The number of rotatable bonds is 3. The number of nitrogen functional groups attached to an aromatic ring is 1. The molecule has 1 saturated heterocycles. The number of ether oxygens (including phenoxy) is 1. The molecule has 1 aromatic rings. The Morgan fingerprint density at radius 2 is 2.21 bits per heavy atom. The normalized spacial score (nSPS) is 18.9. The molecule has 2 unspecified atom stereocenters. The number of aromatic nitrogens is 1. The molecule has 19 heavy (non-hydrogen) atoms. The second-order valence-corrected chi connectivity index (χ2v) is 6.03. The van der Waals surface area contributed by atoms with E-state index in [2.05, 4.69) is 4.98 Å². The molecule has 0 radical (unpaired) electrons. The van der Waals surface area contributed by atoms with E-state index in [1.165, 1.54) is 12.4 Å². The zero-order chi connectivity index (χ0) is 13.8. The predicted molar refractivity (Wildman–Crippen MR) is 71.9 cm³/mol. The molecule has 1 aromatic heterocycles. The standard InChI is InChI=1S/C12H17N3O3S/c1-9(12(16)15-4-6-18-7-5-15)19(17)11-2-3-14-8-10(11)13/h2-3,8-9H,4-7,13H2,1H3. The highest BCUT2D eigenvalue weighted by atomic mass is 32.2. The fraction of sp³-hybridized carbons (Fsp3) is 0.500. The Hall–Kier alpha value is -1.47. The molecule has 1 amide bonds. The van der Waals surface area contributed by atoms with Crippen LogP contribution in [-0.2, 0) is 20.3 Å². The first-order valence-corrected chi connectivity index (χ1v) is 7.29. The van der Waals surface area contributed by atoms with E-state index in [9.17, 15) is 9.00 Å². The van der Waals surface area contributed by atoms with Gasteiger partial charge in [-0.2, -0.15) is 0 Å². The fourth-order valence-corrected chi connectivity index (χ4v) is 3.09. The Morgan fingerprint density at radius 3 is 2.84 bits per heavy atom. The van der Waals surface area contributed by atoms with Crippen LogP contribution in [0.3, 0.4) is 0 Å². The lowest BCUT2D eigenvalue weighted by Gasteiger charge is -2.29. The van der Waals surface area contributed by atoms with Crippen molar-refractivity contribution in [2.24, 2.45) is 0 Å². The fourth-order valence-electron chi connectivity index (χ4n) is 1.90. The summed E-state index contributed by atoms with van der Waals surface area (Å²) in [5, 5.41) is -0.622. The number of pyridine rings is 1. The van der Waals surface area contributed by atoms with Gasteiger partial charge in [-0.15, -0.1) is 0 Å². The van der Waals surface area contributed by atoms with E-state index in [1.54, 1.807) is 17.9 Å². The van der Waals surface area contributed by atoms with Crippen LogP contribution in [0.1, 0.15) is 6.92 Å². The molecule has 104 valence electrons. The molecule has 0 aromatic carbocycles. The maximum Gasteiger partial charge on any atom is 0.238 e. The lowest BCUT2D eigenvalue weighted by Crippen LogP contribution is -2.46. The number of hydrogen-bond donors (Lipinski definition) is 1. The quantitative estimate of drug-likeness (QED) is 0.845. The smallest absolute Gasteiger partial charge is 0.238 e. The number of hydrogen-bond acceptors (Lipinski definition) is 5. The zero-order valence-corrected chi connectivity index (χ0v) is 11.6. The van der Waals surface area contributed by atoms with E-state index in [0.717, 1.165) is 0 Å². The number of nitrogens with zero attached hydrogens (tertiary/aromatic N) is 2. The van der Waals surface area contributed by atoms with E-state index in [1.807, 2.05) is 0 Å². The van der Waals surface area contributed by atoms with Crippen LogP contribution in [0.4, 0.5) is 5.69 Å². The summed E-state index contributed by atoms with van der Waals surface area (Å²) in [5.41, 5.74) is 6.09. The van der Waals surface area contributed by atoms with Crippen molar-refractivity contribution in [1.29, 1.82) is 0 Å². The van der Waals surface area contributed by atoms with Gasteiger partial charge in [0.25, 0.3) is 0 Å². The van der Waals surface area contributed by atoms with Crippen LogP contribution in [0.2, 0.25) is 0 Å². The van der Waals surface area contributed by atoms with Gasteiger partial charge in [-0.05, 0) is 13.0 Å². The van der Waals surface area contributed by atoms with Crippen LogP contribution in [0.15, 0.2) is 23.4 Å². The number of morpholine rings is 1. The number of carbonyl (C=O) groups excluding carboxylic acids is 1. The van der Waals surface area contributed by atoms with Crippen LogP contribution < -0.4 is 5.73 Å². The monoisotopic (exact) mass is 283 g/mol. The highest BCUT2D eigenvalue weighted by Crippen LogP contribution is 2.19. The van der Waals surface area contributed by atoms with Crippen molar-refractivity contribution < 1.29 is 13.7 Å². The zero-order valence-electron chi connectivity index (χ0n) is 10.7. The largest absolute Gasteiger partial charge is 0.396 e. The summed E-state index contributed by atoms with van der Waals surface area (Å²) in [6.07, 6.45) is 2.97. The third-order valence-corrected chi connectivity index (χ3v) is 4.67. The van der Waals surface area contributed by atoms with Crippen LogP contribution in [0, 0.1) is 0 Å². The summed E-state index contributed by atoms with van der Waals surface area (Å²) in [6, 6.07) is 1.59. The van der Waals surface area contributed by atoms with Gasteiger partial charge in [-0.25, -0.2) is 0 Å². The minimum absolute atomic E-state index is 0.127. The van der Waals surface area contributed by atoms with Crippen molar-refractivity contribution in [1.82, 2.24) is 9.88 Å². The molecule has 2 heterocycles. The van der Waals surface area contributed by atoms with Crippen molar-refractivity contribution in [3.05, 3.63) is 18.5 Å². The maximum absolute atomic E-state index is 12.4. The van der Waals surface area contributed by atoms with E-state index in [0.29, 0.717) is 36.9 Å². The van der Waals surface area contributed by atoms with E-state index in [-0.39, 0.29) is 5.91 Å². The molecule has 2 N–H and O–H groups in total. The summed E-state index contributed by atoms with van der Waals surface area (Å²) in [6.45, 7) is 3.82. The van der Waals surface area contributed by atoms with Crippen molar-refractivity contribution >= 4 is 22.4 Å². The lowest BCUT2D eigenvalue weighted by molar-refractivity contribution is -0.134. The van der Waals surface area contributed by atoms with Gasteiger partial charge in [0.05, 0.1) is 40.8 Å². The Morgan fingerprint density at radius 1 is 1.53 bits per heavy atom. The minimum atomic E-state index is -1.47. The number of carbonyl (C=O) groups is 1. The molecule has 0 aliphatic carbocycles. The molecule has 1 aliphatic heterocycles. The second-order valence-electron chi connectivity index (χ2n) is 4.29. The van der Waals surface area contributed by atoms with Crippen LogP contribution in [0.25, 0.3) is 0 Å². The third kappa shape index (κ3) is 3.10. The van der Waals surface area contributed by atoms with Crippen LogP contribution >= 0.6 is 0 Å². The first-order valence-electron chi connectivity index (χ1n) is 6.08. The highest BCUT2D eigenvalue weighted by Gasteiger charge is 2.28. The van der Waals surface area contributed by atoms with Crippen LogP contribution in [-0.4, -0.2) is 51.6 Å². The molecule has 1 aliphatic rings. The maximum atomic E-state index is 12.4. The summed E-state index contributed by atoms with van der Waals surface area (Å²) >= 11 is 0. The Kier molecular flexibility index (Phi) is 4.49. The summed E-state index contributed by atoms with van der Waals surface area (Å²) < 4.78 is 17.6. The molecular formula is C12H17N3O3S. The third-order valence-electron chi connectivity index (χ3n) is 3.02. The molecule has 7 heteroatoms. The van der Waals surface area contributed by atoms with Gasteiger partial charge in [-0.1, -0.05) is 0 Å². The van der Waals surface area contributed by atoms with Gasteiger partial charge in [0.2, 0.25) is 5.91 Å². The SMILES string of the molecule is CC(C(=O)N1CCOCC1)S(=O)c1ccncc1N. The van der Waals surface area contributed by atoms with Gasteiger partial charge in [0.15, 0.2) is 0 Å². The average Bonchev–Trinajstić information content (AvgIpc) is 2.46. The summed E-state index contributed by atoms with van der Waals surface area (Å²) in [5.74, 6) is -0.127. The Balaban J connectivity index is 2.10. The second kappa shape index (κ2) is 6.12. The van der Waals surface area contributed by atoms with E-state index >= 15 is 0 Å². The predicted octanol–water partition coefficient (Wildman–Crippen LogP) is 0.0187. The molecule has 2 rings (SSSR count). The minimum Gasteiger partial charge on any atom is -0.396 e. The molecule has 2 atom stereocenters. The van der Waals surface area contributed by atoms with Crippen molar-refractivity contribution in [3.8, 4) is 0 Å². The van der Waals surface area contributed by atoms with Crippen molar-refractivity contribution in [2.45, 2.75) is 17.1 Å². The van der Waals surface area contributed by atoms with E-state index in [4.69, 9.17) is 10.5 Å². The van der Waals surface area contributed by atoms with Gasteiger partial charge >= 0.3 is 0 Å². The topological polar surface area (TPSA) is 85.5 Å². The summed E-state index contributed by atoms with van der Waals surface area (Å²) in [4.78, 5) is 18.2. The Bertz CT molecular complexity index is 489. The molecule has 6 nitrogen and oxygen atoms in total. The van der Waals surface area contributed by atoms with Gasteiger partial charge < -0.3 is 15.4 Å². The summed E-state index contributed by atoms with van der Waals surface area (Å²) in [7, 11) is -1.47. The number of nitrogens with two attached hydrogens (primary N) is 1.